The molecule has 1 aromatic heterocycles. The lowest BCUT2D eigenvalue weighted by atomic mass is 10.2. The zero-order chi connectivity index (χ0) is 14.0. The summed E-state index contributed by atoms with van der Waals surface area (Å²) in [5, 5.41) is 12.5. The Hall–Kier alpha value is -2.27. The van der Waals surface area contributed by atoms with Crippen molar-refractivity contribution in [2.45, 2.75) is 6.92 Å². The highest BCUT2D eigenvalue weighted by Gasteiger charge is 2.11. The van der Waals surface area contributed by atoms with Crippen molar-refractivity contribution in [3.63, 3.8) is 0 Å². The minimum Gasteiger partial charge on any atom is -0.504 e. The smallest absolute Gasteiger partial charge is 0.256 e. The second kappa shape index (κ2) is 5.16. The van der Waals surface area contributed by atoms with Gasteiger partial charge in [0.15, 0.2) is 11.6 Å². The molecule has 0 atom stereocenters. The number of carbonyl (C=O) groups is 1. The van der Waals surface area contributed by atoms with Crippen LogP contribution in [0, 0.1) is 6.92 Å². The number of aromatic hydroxyl groups is 1. The predicted molar refractivity (Wildman–Crippen MR) is 74.5 cm³/mol. The van der Waals surface area contributed by atoms with Crippen molar-refractivity contribution in [1.82, 2.24) is 4.98 Å². The topological polar surface area (TPSA) is 88.2 Å². The van der Waals surface area contributed by atoms with Gasteiger partial charge in [0.25, 0.3) is 5.91 Å². The van der Waals surface area contributed by atoms with Crippen LogP contribution in [-0.4, -0.2) is 16.0 Å². The molecule has 0 radical (unpaired) electrons. The number of amides is 1. The van der Waals surface area contributed by atoms with Gasteiger partial charge in [-0.1, -0.05) is 11.6 Å². The molecule has 0 saturated heterocycles. The molecule has 0 spiro atoms. The van der Waals surface area contributed by atoms with Crippen molar-refractivity contribution in [2.24, 2.45) is 0 Å². The first-order valence-electron chi connectivity index (χ1n) is 5.50. The number of halogens is 1. The van der Waals surface area contributed by atoms with Crippen LogP contribution >= 0.6 is 11.6 Å². The SMILES string of the molecule is Cc1ccc(O)c(NC(=O)c2ccc(Cl)c(N)c2)n1. The van der Waals surface area contributed by atoms with Gasteiger partial charge in [0.05, 0.1) is 10.7 Å². The molecule has 0 aliphatic rings. The summed E-state index contributed by atoms with van der Waals surface area (Å²) in [6.07, 6.45) is 0. The molecule has 5 nitrogen and oxygen atoms in total. The molecule has 98 valence electrons. The first-order valence-corrected chi connectivity index (χ1v) is 5.88. The van der Waals surface area contributed by atoms with Gasteiger partial charge in [-0.05, 0) is 37.3 Å². The predicted octanol–water partition coefficient (Wildman–Crippen LogP) is 2.58. The number of benzene rings is 1. The van der Waals surface area contributed by atoms with Crippen LogP contribution in [-0.2, 0) is 0 Å². The van der Waals surface area contributed by atoms with Crippen LogP contribution in [0.4, 0.5) is 11.5 Å². The summed E-state index contributed by atoms with van der Waals surface area (Å²) >= 11 is 5.78. The first-order chi connectivity index (χ1) is 8.97. The first kappa shape index (κ1) is 13.2. The summed E-state index contributed by atoms with van der Waals surface area (Å²) in [4.78, 5) is 16.0. The van der Waals surface area contributed by atoms with Crippen LogP contribution < -0.4 is 11.1 Å². The zero-order valence-electron chi connectivity index (χ0n) is 10.1. The summed E-state index contributed by atoms with van der Waals surface area (Å²) in [6.45, 7) is 1.76. The van der Waals surface area contributed by atoms with Gasteiger partial charge in [-0.3, -0.25) is 4.79 Å². The largest absolute Gasteiger partial charge is 0.504 e. The summed E-state index contributed by atoms with van der Waals surface area (Å²) in [5.41, 5.74) is 6.97. The summed E-state index contributed by atoms with van der Waals surface area (Å²) in [7, 11) is 0. The fourth-order valence-electron chi connectivity index (χ4n) is 1.51. The van der Waals surface area contributed by atoms with Gasteiger partial charge in [0.1, 0.15) is 0 Å². The highest BCUT2D eigenvalue weighted by atomic mass is 35.5. The Kier molecular flexibility index (Phi) is 3.57. The second-order valence-electron chi connectivity index (χ2n) is 4.01. The number of hydrogen-bond donors (Lipinski definition) is 3. The molecule has 1 aromatic carbocycles. The van der Waals surface area contributed by atoms with Gasteiger partial charge >= 0.3 is 0 Å². The maximum atomic E-state index is 12.0. The fraction of sp³-hybridized carbons (Fsp3) is 0.0769. The number of nitrogen functional groups attached to an aromatic ring is 1. The molecule has 2 aromatic rings. The molecular weight excluding hydrogens is 266 g/mol. The van der Waals surface area contributed by atoms with Crippen molar-refractivity contribution < 1.29 is 9.90 Å². The lowest BCUT2D eigenvalue weighted by Crippen LogP contribution is -2.13. The number of pyridine rings is 1. The van der Waals surface area contributed by atoms with E-state index in [2.05, 4.69) is 10.3 Å². The van der Waals surface area contributed by atoms with Gasteiger partial charge in [-0.25, -0.2) is 4.98 Å². The third-order valence-electron chi connectivity index (χ3n) is 2.50. The van der Waals surface area contributed by atoms with Crippen LogP contribution in [0.2, 0.25) is 5.02 Å². The van der Waals surface area contributed by atoms with Crippen molar-refractivity contribution in [2.75, 3.05) is 11.1 Å². The highest BCUT2D eigenvalue weighted by molar-refractivity contribution is 6.33. The summed E-state index contributed by atoms with van der Waals surface area (Å²) < 4.78 is 0. The molecule has 1 amide bonds. The van der Waals surface area contributed by atoms with Crippen molar-refractivity contribution >= 4 is 29.0 Å². The Labute approximate surface area is 115 Å². The molecule has 19 heavy (non-hydrogen) atoms. The zero-order valence-corrected chi connectivity index (χ0v) is 10.9. The van der Waals surface area contributed by atoms with E-state index in [1.54, 1.807) is 19.1 Å². The molecule has 0 fully saturated rings. The van der Waals surface area contributed by atoms with Crippen molar-refractivity contribution in [3.05, 3.63) is 46.6 Å². The van der Waals surface area contributed by atoms with Gasteiger partial charge in [0, 0.05) is 11.3 Å². The van der Waals surface area contributed by atoms with E-state index in [-0.39, 0.29) is 11.6 Å². The number of aryl methyl sites for hydroxylation is 1. The normalized spacial score (nSPS) is 10.2. The van der Waals surface area contributed by atoms with Crippen LogP contribution in [0.5, 0.6) is 5.75 Å². The molecule has 2 rings (SSSR count). The third kappa shape index (κ3) is 2.95. The molecule has 1 heterocycles. The average Bonchev–Trinajstić information content (AvgIpc) is 2.37. The van der Waals surface area contributed by atoms with Crippen LogP contribution in [0.3, 0.4) is 0 Å². The molecule has 6 heteroatoms. The third-order valence-corrected chi connectivity index (χ3v) is 2.85. The molecule has 4 N–H and O–H groups in total. The van der Waals surface area contributed by atoms with E-state index in [0.717, 1.165) is 0 Å². The Morgan fingerprint density at radius 2 is 2.11 bits per heavy atom. The maximum absolute atomic E-state index is 12.0. The van der Waals surface area contributed by atoms with E-state index < -0.39 is 5.91 Å². The van der Waals surface area contributed by atoms with Crippen LogP contribution in [0.1, 0.15) is 16.1 Å². The second-order valence-corrected chi connectivity index (χ2v) is 4.42. The Morgan fingerprint density at radius 1 is 1.37 bits per heavy atom. The number of aromatic nitrogens is 1. The molecule has 0 bridgehead atoms. The Balaban J connectivity index is 2.25. The number of hydrogen-bond acceptors (Lipinski definition) is 4. The maximum Gasteiger partial charge on any atom is 0.256 e. The van der Waals surface area contributed by atoms with E-state index in [4.69, 9.17) is 17.3 Å². The number of nitrogens with zero attached hydrogens (tertiary/aromatic N) is 1. The molecular formula is C13H12ClN3O2. The fourth-order valence-corrected chi connectivity index (χ4v) is 1.62. The van der Waals surface area contributed by atoms with E-state index >= 15 is 0 Å². The van der Waals surface area contributed by atoms with Gasteiger partial charge in [-0.15, -0.1) is 0 Å². The van der Waals surface area contributed by atoms with Gasteiger partial charge in [0.2, 0.25) is 0 Å². The Bertz CT molecular complexity index is 644. The van der Waals surface area contributed by atoms with Crippen LogP contribution in [0.25, 0.3) is 0 Å². The van der Waals surface area contributed by atoms with E-state index in [1.165, 1.54) is 18.2 Å². The number of rotatable bonds is 2. The molecule has 0 aliphatic heterocycles. The van der Waals surface area contributed by atoms with E-state index in [9.17, 15) is 9.90 Å². The lowest BCUT2D eigenvalue weighted by Gasteiger charge is -2.08. The molecule has 0 saturated carbocycles. The lowest BCUT2D eigenvalue weighted by molar-refractivity contribution is 0.102. The van der Waals surface area contributed by atoms with Crippen molar-refractivity contribution in [1.29, 1.82) is 0 Å². The Morgan fingerprint density at radius 3 is 2.79 bits per heavy atom. The molecule has 0 aliphatic carbocycles. The standard InChI is InChI=1S/C13H12ClN3O2/c1-7-2-5-11(18)12(16-7)17-13(19)8-3-4-9(14)10(15)6-8/h2-6,18H,15H2,1H3,(H,16,17,19). The monoisotopic (exact) mass is 277 g/mol. The minimum absolute atomic E-state index is 0.0964. The summed E-state index contributed by atoms with van der Waals surface area (Å²) in [5.74, 6) is -0.406. The quantitative estimate of drug-likeness (QED) is 0.736. The number of anilines is 2. The number of nitrogens with two attached hydrogens (primary N) is 1. The minimum atomic E-state index is -0.420. The van der Waals surface area contributed by atoms with Crippen LogP contribution in [0.15, 0.2) is 30.3 Å². The van der Waals surface area contributed by atoms with Crippen molar-refractivity contribution in [3.8, 4) is 5.75 Å². The highest BCUT2D eigenvalue weighted by Crippen LogP contribution is 2.23. The average molecular weight is 278 g/mol. The van der Waals surface area contributed by atoms with Gasteiger partial charge < -0.3 is 16.2 Å². The number of carbonyl (C=O) groups excluding carboxylic acids is 1. The van der Waals surface area contributed by atoms with E-state index in [0.29, 0.717) is 22.0 Å². The van der Waals surface area contributed by atoms with Gasteiger partial charge in [-0.2, -0.15) is 0 Å². The van der Waals surface area contributed by atoms with E-state index in [1.807, 2.05) is 0 Å². The summed E-state index contributed by atoms with van der Waals surface area (Å²) in [6, 6.07) is 7.65. The molecule has 0 unspecified atom stereocenters. The number of nitrogens with one attached hydrogen (secondary N) is 1.